The third kappa shape index (κ3) is 6.94. The Morgan fingerprint density at radius 2 is 1.74 bits per heavy atom. The molecule has 9 atom stereocenters. The Morgan fingerprint density at radius 3 is 2.29 bits per heavy atom. The maximum Gasteiger partial charge on any atom is 0.326 e. The highest BCUT2D eigenvalue weighted by Crippen LogP contribution is 2.50. The summed E-state index contributed by atoms with van der Waals surface area (Å²) in [5.74, 6) is -0.864. The number of methoxy groups -OCH3 is 2. The fraction of sp³-hybridized carbons (Fsp3) is 0.700. The van der Waals surface area contributed by atoms with Gasteiger partial charge in [-0.2, -0.15) is 0 Å². The number of carbonyl (C=O) groups is 3. The van der Waals surface area contributed by atoms with Gasteiger partial charge in [0.15, 0.2) is 0 Å². The monoisotopic (exact) mass is 530 g/mol. The predicted molar refractivity (Wildman–Crippen MR) is 145 cm³/mol. The molecule has 0 aromatic heterocycles. The largest absolute Gasteiger partial charge is 0.480 e. The van der Waals surface area contributed by atoms with Gasteiger partial charge in [-0.05, 0) is 36.2 Å². The van der Waals surface area contributed by atoms with Crippen LogP contribution in [0.3, 0.4) is 0 Å². The van der Waals surface area contributed by atoms with Crippen LogP contribution in [0.5, 0.6) is 0 Å². The summed E-state index contributed by atoms with van der Waals surface area (Å²) in [6, 6.07) is 8.15. The zero-order valence-corrected chi connectivity index (χ0v) is 23.8. The van der Waals surface area contributed by atoms with Crippen LogP contribution in [0.1, 0.15) is 65.4 Å². The second-order valence-electron chi connectivity index (χ2n) is 11.2. The lowest BCUT2D eigenvalue weighted by atomic mass is 9.83. The molecule has 1 aliphatic heterocycles. The number of piperidine rings is 1. The molecular weight excluding hydrogens is 484 g/mol. The second-order valence-corrected chi connectivity index (χ2v) is 11.2. The Bertz CT molecular complexity index is 940. The Kier molecular flexibility index (Phi) is 10.7. The van der Waals surface area contributed by atoms with Crippen molar-refractivity contribution < 1.29 is 29.0 Å². The number of hydrogen-bond donors (Lipinski definition) is 2. The number of hydrogen-bond acceptors (Lipinski definition) is 5. The number of nitrogens with one attached hydrogen (secondary N) is 1. The van der Waals surface area contributed by atoms with Crippen molar-refractivity contribution >= 4 is 17.8 Å². The standard InChI is InChI=1S/C30H46N2O6/c1-7-18(3)22(8-2)26(37-5)17-27(33)32-24-15-21(24)16-25(32)28(38-6)19(4)29(34)31-23(30(35)36)14-20-12-10-9-11-13-20/h9-13,18-19,21-26,28H,7-8,14-17H2,1-6H3,(H,31,34)(H,35,36)/t18-,19+,21+,22?,23?,24?,25-,26+,28?/m0/s1. The summed E-state index contributed by atoms with van der Waals surface area (Å²) in [4.78, 5) is 40.8. The Balaban J connectivity index is 1.71. The van der Waals surface area contributed by atoms with E-state index in [1.807, 2.05) is 35.2 Å². The summed E-state index contributed by atoms with van der Waals surface area (Å²) in [5.41, 5.74) is 0.833. The van der Waals surface area contributed by atoms with Gasteiger partial charge < -0.3 is 24.8 Å². The zero-order chi connectivity index (χ0) is 28.0. The van der Waals surface area contributed by atoms with Crippen molar-refractivity contribution in [2.45, 2.75) is 96.6 Å². The summed E-state index contributed by atoms with van der Waals surface area (Å²) in [5, 5.41) is 12.5. The third-order valence-corrected chi connectivity index (χ3v) is 8.89. The van der Waals surface area contributed by atoms with Crippen molar-refractivity contribution in [3.05, 3.63) is 35.9 Å². The van der Waals surface area contributed by atoms with Crippen molar-refractivity contribution in [3.63, 3.8) is 0 Å². The van der Waals surface area contributed by atoms with E-state index < -0.39 is 24.0 Å². The summed E-state index contributed by atoms with van der Waals surface area (Å²) in [7, 11) is 3.25. The first-order chi connectivity index (χ1) is 18.2. The quantitative estimate of drug-likeness (QED) is 0.356. The average molecular weight is 531 g/mol. The smallest absolute Gasteiger partial charge is 0.326 e. The van der Waals surface area contributed by atoms with E-state index in [1.54, 1.807) is 21.1 Å². The molecule has 1 aromatic carbocycles. The minimum absolute atomic E-state index is 0.0516. The fourth-order valence-corrected chi connectivity index (χ4v) is 6.38. The highest BCUT2D eigenvalue weighted by Gasteiger charge is 2.57. The summed E-state index contributed by atoms with van der Waals surface area (Å²) in [6.07, 6.45) is 3.57. The van der Waals surface area contributed by atoms with E-state index in [1.165, 1.54) is 0 Å². The first-order valence-electron chi connectivity index (χ1n) is 14.1. The van der Waals surface area contributed by atoms with E-state index in [0.717, 1.165) is 31.2 Å². The minimum atomic E-state index is -1.08. The van der Waals surface area contributed by atoms with Crippen molar-refractivity contribution in [1.29, 1.82) is 0 Å². The molecule has 1 saturated carbocycles. The summed E-state index contributed by atoms with van der Waals surface area (Å²) < 4.78 is 11.7. The minimum Gasteiger partial charge on any atom is -0.480 e. The number of likely N-dealkylation sites (tertiary alicyclic amines) is 1. The van der Waals surface area contributed by atoms with Crippen LogP contribution in [-0.4, -0.2) is 72.3 Å². The molecule has 4 unspecified atom stereocenters. The number of carbonyl (C=O) groups excluding carboxylic acids is 2. The van der Waals surface area contributed by atoms with Crippen LogP contribution >= 0.6 is 0 Å². The molecule has 0 bridgehead atoms. The number of amides is 2. The van der Waals surface area contributed by atoms with E-state index in [-0.39, 0.29) is 36.4 Å². The third-order valence-electron chi connectivity index (χ3n) is 8.89. The van der Waals surface area contributed by atoms with Gasteiger partial charge in [0.05, 0.1) is 30.6 Å². The molecule has 1 heterocycles. The van der Waals surface area contributed by atoms with Crippen LogP contribution in [0.25, 0.3) is 0 Å². The second kappa shape index (κ2) is 13.6. The normalized spacial score (nSPS) is 25.0. The van der Waals surface area contributed by atoms with Crippen LogP contribution in [0.4, 0.5) is 0 Å². The van der Waals surface area contributed by atoms with Gasteiger partial charge in [0.2, 0.25) is 11.8 Å². The molecule has 2 N–H and O–H groups in total. The van der Waals surface area contributed by atoms with Gasteiger partial charge in [-0.15, -0.1) is 0 Å². The Hall–Kier alpha value is -2.45. The first kappa shape index (κ1) is 30.1. The maximum atomic E-state index is 13.7. The molecule has 0 radical (unpaired) electrons. The van der Waals surface area contributed by atoms with E-state index in [2.05, 4.69) is 26.1 Å². The van der Waals surface area contributed by atoms with Gasteiger partial charge >= 0.3 is 5.97 Å². The van der Waals surface area contributed by atoms with Crippen molar-refractivity contribution in [2.24, 2.45) is 23.7 Å². The molecule has 38 heavy (non-hydrogen) atoms. The van der Waals surface area contributed by atoms with Gasteiger partial charge in [-0.1, -0.05) is 70.9 Å². The molecule has 8 heteroatoms. The van der Waals surface area contributed by atoms with E-state index >= 15 is 0 Å². The van der Waals surface area contributed by atoms with Gasteiger partial charge in [0, 0.05) is 26.7 Å². The lowest BCUT2D eigenvalue weighted by molar-refractivity contribution is -0.146. The van der Waals surface area contributed by atoms with E-state index in [4.69, 9.17) is 9.47 Å². The van der Waals surface area contributed by atoms with E-state index in [9.17, 15) is 19.5 Å². The van der Waals surface area contributed by atoms with Crippen LogP contribution < -0.4 is 5.32 Å². The number of aliphatic carboxylic acids is 1. The highest BCUT2D eigenvalue weighted by atomic mass is 16.5. The van der Waals surface area contributed by atoms with Gasteiger partial charge in [-0.3, -0.25) is 9.59 Å². The molecule has 1 aliphatic carbocycles. The SMILES string of the molecule is CCC([C@@H](C)CC)[C@@H](CC(=O)N1C2C[C@@H]2C[C@H]1C(OC)[C@@H](C)C(=O)NC(Cc1ccccc1)C(=O)O)OC. The lowest BCUT2D eigenvalue weighted by Gasteiger charge is -2.37. The topological polar surface area (TPSA) is 105 Å². The van der Waals surface area contributed by atoms with Crippen molar-refractivity contribution in [1.82, 2.24) is 10.2 Å². The molecule has 2 amide bonds. The predicted octanol–water partition coefficient (Wildman–Crippen LogP) is 3.92. The maximum absolute atomic E-state index is 13.7. The number of fused-ring (bicyclic) bond motifs is 1. The summed E-state index contributed by atoms with van der Waals surface area (Å²) >= 11 is 0. The fourth-order valence-electron chi connectivity index (χ4n) is 6.38. The molecule has 2 fully saturated rings. The van der Waals surface area contributed by atoms with Crippen molar-refractivity contribution in [2.75, 3.05) is 14.2 Å². The molecule has 1 aromatic rings. The molecule has 0 spiro atoms. The number of nitrogens with zero attached hydrogens (tertiary/aromatic N) is 1. The van der Waals surface area contributed by atoms with Crippen LogP contribution in [0, 0.1) is 23.7 Å². The van der Waals surface area contributed by atoms with E-state index in [0.29, 0.717) is 24.2 Å². The summed E-state index contributed by atoms with van der Waals surface area (Å²) in [6.45, 7) is 8.28. The van der Waals surface area contributed by atoms with Crippen LogP contribution in [-0.2, 0) is 30.3 Å². The first-order valence-corrected chi connectivity index (χ1v) is 14.1. The molecule has 3 rings (SSSR count). The molecule has 212 valence electrons. The van der Waals surface area contributed by atoms with Crippen molar-refractivity contribution in [3.8, 4) is 0 Å². The number of carboxylic acid groups (broad SMARTS) is 1. The average Bonchev–Trinajstić information content (AvgIpc) is 3.57. The number of ether oxygens (including phenoxy) is 2. The van der Waals surface area contributed by atoms with Gasteiger partial charge in [0.25, 0.3) is 0 Å². The molecule has 2 aliphatic rings. The van der Waals surface area contributed by atoms with Crippen LogP contribution in [0.2, 0.25) is 0 Å². The zero-order valence-electron chi connectivity index (χ0n) is 23.8. The van der Waals surface area contributed by atoms with Crippen LogP contribution in [0.15, 0.2) is 30.3 Å². The van der Waals surface area contributed by atoms with Gasteiger partial charge in [-0.25, -0.2) is 4.79 Å². The molecule has 1 saturated heterocycles. The van der Waals surface area contributed by atoms with Gasteiger partial charge in [0.1, 0.15) is 6.04 Å². The lowest BCUT2D eigenvalue weighted by Crippen LogP contribution is -2.53. The number of rotatable bonds is 15. The number of carboxylic acids is 1. The highest BCUT2D eigenvalue weighted by molar-refractivity contribution is 5.85. The number of benzene rings is 1. The Morgan fingerprint density at radius 1 is 1.05 bits per heavy atom. The molecule has 8 nitrogen and oxygen atoms in total. The molecular formula is C30H46N2O6. The Labute approximate surface area is 227 Å².